The molecular weight excluding hydrogens is 374 g/mol. The van der Waals surface area contributed by atoms with E-state index in [4.69, 9.17) is 14.2 Å². The van der Waals surface area contributed by atoms with E-state index in [-0.39, 0.29) is 6.10 Å². The predicted octanol–water partition coefficient (Wildman–Crippen LogP) is 2.08. The summed E-state index contributed by atoms with van der Waals surface area (Å²) in [4.78, 5) is 21.1. The molecular formula is C21H33N3O5. The van der Waals surface area contributed by atoms with Crippen molar-refractivity contribution < 1.29 is 24.1 Å². The molecule has 162 valence electrons. The van der Waals surface area contributed by atoms with E-state index in [9.17, 15) is 9.90 Å². The maximum atomic E-state index is 11.2. The van der Waals surface area contributed by atoms with Gasteiger partial charge in [-0.2, -0.15) is 0 Å². The fraction of sp³-hybridized carbons (Fsp3) is 0.667. The van der Waals surface area contributed by atoms with Gasteiger partial charge in [-0.05, 0) is 26.3 Å². The van der Waals surface area contributed by atoms with Crippen LogP contribution in [-0.2, 0) is 19.0 Å². The zero-order chi connectivity index (χ0) is 21.3. The lowest BCUT2D eigenvalue weighted by Crippen LogP contribution is -2.60. The molecule has 2 aliphatic rings. The molecule has 0 aromatic rings. The van der Waals surface area contributed by atoms with E-state index < -0.39 is 24.2 Å². The molecule has 29 heavy (non-hydrogen) atoms. The Hall–Kier alpha value is -1.87. The van der Waals surface area contributed by atoms with Gasteiger partial charge in [0.1, 0.15) is 30.7 Å². The molecule has 2 rings (SSSR count). The minimum atomic E-state index is -1.13. The molecule has 0 aromatic carbocycles. The summed E-state index contributed by atoms with van der Waals surface area (Å²) in [6, 6.07) is 0. The van der Waals surface area contributed by atoms with Crippen LogP contribution in [0.1, 0.15) is 40.0 Å². The van der Waals surface area contributed by atoms with Crippen molar-refractivity contribution in [2.45, 2.75) is 70.3 Å². The van der Waals surface area contributed by atoms with Gasteiger partial charge < -0.3 is 29.0 Å². The first-order chi connectivity index (χ1) is 14.0. The maximum Gasteiger partial charge on any atom is 0.227 e. The highest BCUT2D eigenvalue weighted by molar-refractivity contribution is 5.99. The first-order valence-corrected chi connectivity index (χ1v) is 10.2. The summed E-state index contributed by atoms with van der Waals surface area (Å²) < 4.78 is 18.3. The van der Waals surface area contributed by atoms with Crippen LogP contribution in [0.3, 0.4) is 0 Å². The van der Waals surface area contributed by atoms with Crippen molar-refractivity contribution in [1.29, 1.82) is 0 Å². The standard InChI is InChI=1S/C21H33N3O5/c1-5-7-10-17(27-6-2)14-28-21(19-22-15-23-20(26)24(19)4)12-9-8-11-18(21)29-16(3)13-25/h8-9,11-13,15-18,20,26H,5-7,10,14H2,1-4H3. The molecule has 0 spiro atoms. The zero-order valence-electron chi connectivity index (χ0n) is 17.7. The molecule has 5 atom stereocenters. The zero-order valence-corrected chi connectivity index (χ0v) is 17.7. The first-order valence-electron chi connectivity index (χ1n) is 10.2. The minimum Gasteiger partial charge on any atom is -0.376 e. The van der Waals surface area contributed by atoms with E-state index in [2.05, 4.69) is 16.9 Å². The van der Waals surface area contributed by atoms with E-state index in [0.717, 1.165) is 25.5 Å². The Kier molecular flexibility index (Phi) is 9.16. The number of unbranched alkanes of at least 4 members (excludes halogenated alkanes) is 1. The largest absolute Gasteiger partial charge is 0.376 e. The summed E-state index contributed by atoms with van der Waals surface area (Å²) in [6.07, 6.45) is 10.0. The summed E-state index contributed by atoms with van der Waals surface area (Å²) in [5.74, 6) is 0.453. The second-order valence-corrected chi connectivity index (χ2v) is 7.14. The van der Waals surface area contributed by atoms with E-state index in [0.29, 0.717) is 19.0 Å². The number of hydrogen-bond donors (Lipinski definition) is 1. The van der Waals surface area contributed by atoms with Crippen LogP contribution in [0, 0.1) is 0 Å². The average Bonchev–Trinajstić information content (AvgIpc) is 2.73. The number of aliphatic hydroxyl groups excluding tert-OH is 1. The molecule has 0 saturated heterocycles. The van der Waals surface area contributed by atoms with Crippen molar-refractivity contribution in [3.05, 3.63) is 24.3 Å². The van der Waals surface area contributed by atoms with Gasteiger partial charge in [-0.15, -0.1) is 0 Å². The Morgan fingerprint density at radius 1 is 1.38 bits per heavy atom. The minimum absolute atomic E-state index is 0.0756. The van der Waals surface area contributed by atoms with Crippen LogP contribution >= 0.6 is 0 Å². The van der Waals surface area contributed by atoms with Gasteiger partial charge in [0.15, 0.2) is 5.60 Å². The topological polar surface area (TPSA) is 93.0 Å². The number of nitrogens with zero attached hydrogens (tertiary/aromatic N) is 3. The Bertz CT molecular complexity index is 648. The lowest BCUT2D eigenvalue weighted by molar-refractivity contribution is -0.134. The SMILES string of the molecule is CCCCC(COC1(C2=NC=NC(O)N2C)C=CC=CC1OC(C)C=O)OCC. The fourth-order valence-electron chi connectivity index (χ4n) is 3.35. The van der Waals surface area contributed by atoms with Gasteiger partial charge in [0.05, 0.1) is 12.7 Å². The molecule has 1 heterocycles. The van der Waals surface area contributed by atoms with Crippen molar-refractivity contribution in [3.8, 4) is 0 Å². The third-order valence-corrected chi connectivity index (χ3v) is 4.92. The molecule has 0 radical (unpaired) electrons. The van der Waals surface area contributed by atoms with Crippen molar-refractivity contribution >= 4 is 18.5 Å². The van der Waals surface area contributed by atoms with Gasteiger partial charge in [0, 0.05) is 13.7 Å². The van der Waals surface area contributed by atoms with Crippen molar-refractivity contribution in [2.75, 3.05) is 20.3 Å². The summed E-state index contributed by atoms with van der Waals surface area (Å²) in [5.41, 5.74) is -1.13. The van der Waals surface area contributed by atoms with E-state index in [1.165, 1.54) is 11.2 Å². The van der Waals surface area contributed by atoms with Crippen LogP contribution in [-0.4, -0.2) is 79.0 Å². The Labute approximate surface area is 172 Å². The number of aldehydes is 1. The van der Waals surface area contributed by atoms with E-state index in [1.807, 2.05) is 31.2 Å². The lowest BCUT2D eigenvalue weighted by atomic mass is 9.89. The monoisotopic (exact) mass is 407 g/mol. The van der Waals surface area contributed by atoms with Crippen molar-refractivity contribution in [3.63, 3.8) is 0 Å². The molecule has 1 aliphatic carbocycles. The second kappa shape index (κ2) is 11.3. The lowest BCUT2D eigenvalue weighted by Gasteiger charge is -2.44. The molecule has 8 nitrogen and oxygen atoms in total. The highest BCUT2D eigenvalue weighted by Gasteiger charge is 2.48. The Balaban J connectivity index is 2.35. The number of amidine groups is 1. The van der Waals surface area contributed by atoms with Crippen molar-refractivity contribution in [2.24, 2.45) is 9.98 Å². The number of rotatable bonds is 12. The molecule has 1 N–H and O–H groups in total. The predicted molar refractivity (Wildman–Crippen MR) is 112 cm³/mol. The fourth-order valence-corrected chi connectivity index (χ4v) is 3.35. The molecule has 1 aliphatic heterocycles. The molecule has 0 aromatic heterocycles. The van der Waals surface area contributed by atoms with Crippen LogP contribution in [0.4, 0.5) is 0 Å². The van der Waals surface area contributed by atoms with Crippen molar-refractivity contribution in [1.82, 2.24) is 4.90 Å². The summed E-state index contributed by atoms with van der Waals surface area (Å²) in [5, 5.41) is 10.2. The smallest absolute Gasteiger partial charge is 0.227 e. The molecule has 0 saturated carbocycles. The second-order valence-electron chi connectivity index (χ2n) is 7.14. The van der Waals surface area contributed by atoms with Crippen LogP contribution < -0.4 is 0 Å². The number of ether oxygens (including phenoxy) is 3. The van der Waals surface area contributed by atoms with E-state index >= 15 is 0 Å². The number of carbonyl (C=O) groups is 1. The number of carbonyl (C=O) groups excluding carboxylic acids is 1. The Morgan fingerprint density at radius 3 is 2.86 bits per heavy atom. The number of likely N-dealkylation sites (N-methyl/N-ethyl adjacent to an activating group) is 1. The highest BCUT2D eigenvalue weighted by atomic mass is 16.6. The molecule has 5 unspecified atom stereocenters. The van der Waals surface area contributed by atoms with Gasteiger partial charge in [-0.25, -0.2) is 9.98 Å². The molecule has 0 amide bonds. The van der Waals surface area contributed by atoms with E-state index in [1.54, 1.807) is 14.0 Å². The molecule has 0 fully saturated rings. The molecule has 0 bridgehead atoms. The van der Waals surface area contributed by atoms with Gasteiger partial charge in [-0.3, -0.25) is 0 Å². The van der Waals surface area contributed by atoms with Crippen LogP contribution in [0.5, 0.6) is 0 Å². The highest BCUT2D eigenvalue weighted by Crippen LogP contribution is 2.31. The third kappa shape index (κ3) is 5.82. The maximum absolute atomic E-state index is 11.2. The van der Waals surface area contributed by atoms with Gasteiger partial charge in [-0.1, -0.05) is 38.0 Å². The van der Waals surface area contributed by atoms with Gasteiger partial charge >= 0.3 is 0 Å². The quantitative estimate of drug-likeness (QED) is 0.498. The first kappa shape index (κ1) is 23.4. The summed E-state index contributed by atoms with van der Waals surface area (Å²) in [7, 11) is 1.69. The summed E-state index contributed by atoms with van der Waals surface area (Å²) in [6.45, 7) is 6.69. The Morgan fingerprint density at radius 2 is 2.17 bits per heavy atom. The number of aliphatic hydroxyl groups is 1. The number of aliphatic imine (C=N–C) groups is 2. The average molecular weight is 408 g/mol. The van der Waals surface area contributed by atoms with Crippen LogP contribution in [0.2, 0.25) is 0 Å². The number of hydrogen-bond acceptors (Lipinski definition) is 8. The van der Waals surface area contributed by atoms with Crippen LogP contribution in [0.25, 0.3) is 0 Å². The van der Waals surface area contributed by atoms with Gasteiger partial charge in [0.2, 0.25) is 6.35 Å². The molecule has 8 heteroatoms. The third-order valence-electron chi connectivity index (χ3n) is 4.92. The van der Waals surface area contributed by atoms with Gasteiger partial charge in [0.25, 0.3) is 0 Å². The number of allylic oxidation sites excluding steroid dienone is 2. The normalized spacial score (nSPS) is 28.3. The summed E-state index contributed by atoms with van der Waals surface area (Å²) >= 11 is 0. The van der Waals surface area contributed by atoms with Crippen LogP contribution in [0.15, 0.2) is 34.3 Å².